The van der Waals surface area contributed by atoms with Gasteiger partial charge in [0.05, 0.1) is 16.8 Å². The molecule has 3 rings (SSSR count). The molecule has 0 saturated carbocycles. The van der Waals surface area contributed by atoms with E-state index in [0.717, 1.165) is 24.8 Å². The van der Waals surface area contributed by atoms with Crippen LogP contribution >= 0.6 is 0 Å². The van der Waals surface area contributed by atoms with Crippen molar-refractivity contribution in [1.82, 2.24) is 0 Å². The predicted molar refractivity (Wildman–Crippen MR) is 106 cm³/mol. The fourth-order valence-electron chi connectivity index (χ4n) is 3.49. The van der Waals surface area contributed by atoms with Crippen LogP contribution < -0.4 is 4.90 Å². The second-order valence-electron chi connectivity index (χ2n) is 7.01. The molecule has 0 aromatic heterocycles. The first-order valence-electron chi connectivity index (χ1n) is 9.76. The van der Waals surface area contributed by atoms with Crippen molar-refractivity contribution in [3.05, 3.63) is 64.7 Å². The monoisotopic (exact) mass is 349 g/mol. The van der Waals surface area contributed by atoms with Crippen molar-refractivity contribution in [1.29, 1.82) is 0 Å². The molecule has 0 bridgehead atoms. The van der Waals surface area contributed by atoms with Gasteiger partial charge < -0.3 is 0 Å². The summed E-state index contributed by atoms with van der Waals surface area (Å²) < 4.78 is 0. The number of hydrogen-bond donors (Lipinski definition) is 0. The van der Waals surface area contributed by atoms with E-state index < -0.39 is 0 Å². The molecule has 0 fully saturated rings. The SMILES string of the molecule is CCCCCCCc1ccc2c(c1)C(=O)N(c1ccc(CC)cc1)C2=O. The lowest BCUT2D eigenvalue weighted by Crippen LogP contribution is -2.29. The Bertz CT molecular complexity index is 792. The molecule has 0 aliphatic carbocycles. The Labute approximate surface area is 156 Å². The molecule has 0 spiro atoms. The number of hydrogen-bond acceptors (Lipinski definition) is 2. The first kappa shape index (κ1) is 18.4. The van der Waals surface area contributed by atoms with Gasteiger partial charge >= 0.3 is 0 Å². The number of aryl methyl sites for hydroxylation is 2. The number of unbranched alkanes of at least 4 members (excludes halogenated alkanes) is 4. The molecule has 2 aromatic carbocycles. The fraction of sp³-hybridized carbons (Fsp3) is 0.391. The highest BCUT2D eigenvalue weighted by Gasteiger charge is 2.36. The van der Waals surface area contributed by atoms with Gasteiger partial charge in [-0.3, -0.25) is 9.59 Å². The molecule has 0 unspecified atom stereocenters. The summed E-state index contributed by atoms with van der Waals surface area (Å²) in [5.74, 6) is -0.425. The summed E-state index contributed by atoms with van der Waals surface area (Å²) in [5, 5.41) is 0. The highest BCUT2D eigenvalue weighted by molar-refractivity contribution is 6.34. The Morgan fingerprint density at radius 2 is 1.38 bits per heavy atom. The van der Waals surface area contributed by atoms with Crippen LogP contribution in [0.5, 0.6) is 0 Å². The topological polar surface area (TPSA) is 37.4 Å². The zero-order valence-corrected chi connectivity index (χ0v) is 15.8. The number of carbonyl (C=O) groups is 2. The molecule has 3 heteroatoms. The maximum Gasteiger partial charge on any atom is 0.266 e. The summed E-state index contributed by atoms with van der Waals surface area (Å²) in [6.45, 7) is 4.30. The minimum atomic E-state index is -0.219. The van der Waals surface area contributed by atoms with Gasteiger partial charge in [0.1, 0.15) is 0 Å². The summed E-state index contributed by atoms with van der Waals surface area (Å²) in [5.41, 5.74) is 4.04. The van der Waals surface area contributed by atoms with Gasteiger partial charge in [-0.2, -0.15) is 0 Å². The van der Waals surface area contributed by atoms with Gasteiger partial charge in [0, 0.05) is 0 Å². The second-order valence-corrected chi connectivity index (χ2v) is 7.01. The van der Waals surface area contributed by atoms with E-state index in [-0.39, 0.29) is 11.8 Å². The van der Waals surface area contributed by atoms with Gasteiger partial charge in [0.25, 0.3) is 11.8 Å². The number of nitrogens with zero attached hydrogens (tertiary/aromatic N) is 1. The van der Waals surface area contributed by atoms with Crippen molar-refractivity contribution in [2.75, 3.05) is 4.90 Å². The molecule has 1 heterocycles. The molecule has 2 aromatic rings. The third kappa shape index (κ3) is 3.72. The van der Waals surface area contributed by atoms with Crippen molar-refractivity contribution in [3.63, 3.8) is 0 Å². The number of anilines is 1. The van der Waals surface area contributed by atoms with E-state index in [0.29, 0.717) is 16.8 Å². The van der Waals surface area contributed by atoms with Crippen LogP contribution in [0.4, 0.5) is 5.69 Å². The van der Waals surface area contributed by atoms with E-state index in [1.807, 2.05) is 42.5 Å². The highest BCUT2D eigenvalue weighted by atomic mass is 16.2. The second kappa shape index (κ2) is 8.31. The van der Waals surface area contributed by atoms with Gasteiger partial charge in [-0.25, -0.2) is 4.90 Å². The van der Waals surface area contributed by atoms with Gasteiger partial charge in [0.2, 0.25) is 0 Å². The number of fused-ring (bicyclic) bond motifs is 1. The van der Waals surface area contributed by atoms with Gasteiger partial charge in [-0.1, -0.05) is 57.7 Å². The van der Waals surface area contributed by atoms with Gasteiger partial charge in [-0.15, -0.1) is 0 Å². The van der Waals surface area contributed by atoms with Crippen molar-refractivity contribution < 1.29 is 9.59 Å². The quantitative estimate of drug-likeness (QED) is 0.462. The Kier molecular flexibility index (Phi) is 5.87. The van der Waals surface area contributed by atoms with Crippen LogP contribution in [-0.2, 0) is 12.8 Å². The average Bonchev–Trinajstić information content (AvgIpc) is 2.92. The average molecular weight is 349 g/mol. The molecule has 2 amide bonds. The molecule has 0 saturated heterocycles. The smallest absolute Gasteiger partial charge is 0.266 e. The molecule has 1 aliphatic rings. The van der Waals surface area contributed by atoms with E-state index in [2.05, 4.69) is 13.8 Å². The third-order valence-electron chi connectivity index (χ3n) is 5.12. The molecular formula is C23H27NO2. The van der Waals surface area contributed by atoms with E-state index in [1.165, 1.54) is 36.1 Å². The summed E-state index contributed by atoms with van der Waals surface area (Å²) >= 11 is 0. The number of amides is 2. The van der Waals surface area contributed by atoms with Crippen LogP contribution in [0.3, 0.4) is 0 Å². The number of carbonyl (C=O) groups excluding carboxylic acids is 2. The fourth-order valence-corrected chi connectivity index (χ4v) is 3.49. The molecular weight excluding hydrogens is 322 g/mol. The van der Waals surface area contributed by atoms with Crippen molar-refractivity contribution in [3.8, 4) is 0 Å². The summed E-state index contributed by atoms with van der Waals surface area (Å²) in [7, 11) is 0. The summed E-state index contributed by atoms with van der Waals surface area (Å²) in [6, 6.07) is 13.4. The van der Waals surface area contributed by atoms with Crippen molar-refractivity contribution in [2.24, 2.45) is 0 Å². The molecule has 1 aliphatic heterocycles. The van der Waals surface area contributed by atoms with Crippen LogP contribution in [0.1, 0.15) is 77.8 Å². The Morgan fingerprint density at radius 3 is 2.08 bits per heavy atom. The van der Waals surface area contributed by atoms with Gasteiger partial charge in [0.15, 0.2) is 0 Å². The lowest BCUT2D eigenvalue weighted by Gasteiger charge is -2.14. The summed E-state index contributed by atoms with van der Waals surface area (Å²) in [4.78, 5) is 26.8. The maximum absolute atomic E-state index is 12.8. The van der Waals surface area contributed by atoms with Crippen LogP contribution in [0.2, 0.25) is 0 Å². The van der Waals surface area contributed by atoms with E-state index in [4.69, 9.17) is 0 Å². The minimum Gasteiger partial charge on any atom is -0.268 e. The largest absolute Gasteiger partial charge is 0.268 e. The molecule has 3 nitrogen and oxygen atoms in total. The lowest BCUT2D eigenvalue weighted by molar-refractivity contribution is 0.0926. The first-order valence-corrected chi connectivity index (χ1v) is 9.76. The van der Waals surface area contributed by atoms with E-state index in [9.17, 15) is 9.59 Å². The molecule has 0 N–H and O–H groups in total. The molecule has 136 valence electrons. The normalized spacial score (nSPS) is 13.4. The maximum atomic E-state index is 12.8. The Hall–Kier alpha value is -2.42. The van der Waals surface area contributed by atoms with Gasteiger partial charge in [-0.05, 0) is 54.7 Å². The molecule has 0 radical (unpaired) electrons. The third-order valence-corrected chi connectivity index (χ3v) is 5.12. The number of imide groups is 1. The standard InChI is InChI=1S/C23H27NO2/c1-3-5-6-7-8-9-18-12-15-20-21(16-18)23(26)24(22(20)25)19-13-10-17(4-2)11-14-19/h10-16H,3-9H2,1-2H3. The summed E-state index contributed by atoms with van der Waals surface area (Å²) in [6.07, 6.45) is 8.03. The van der Waals surface area contributed by atoms with Crippen molar-refractivity contribution in [2.45, 2.75) is 58.8 Å². The molecule has 0 atom stereocenters. The zero-order valence-electron chi connectivity index (χ0n) is 15.8. The van der Waals surface area contributed by atoms with Crippen molar-refractivity contribution >= 4 is 17.5 Å². The zero-order chi connectivity index (χ0) is 18.5. The number of benzene rings is 2. The van der Waals surface area contributed by atoms with Crippen LogP contribution in [0.25, 0.3) is 0 Å². The van der Waals surface area contributed by atoms with Crippen LogP contribution in [0.15, 0.2) is 42.5 Å². The lowest BCUT2D eigenvalue weighted by atomic mass is 10.0. The number of rotatable bonds is 8. The highest BCUT2D eigenvalue weighted by Crippen LogP contribution is 2.29. The van der Waals surface area contributed by atoms with Crippen LogP contribution in [-0.4, -0.2) is 11.8 Å². The predicted octanol–water partition coefficient (Wildman–Crippen LogP) is 5.56. The first-order chi connectivity index (χ1) is 12.7. The Morgan fingerprint density at radius 1 is 0.731 bits per heavy atom. The van der Waals surface area contributed by atoms with E-state index >= 15 is 0 Å². The Balaban J connectivity index is 1.74. The van der Waals surface area contributed by atoms with E-state index in [1.54, 1.807) is 0 Å². The minimum absolute atomic E-state index is 0.206. The molecule has 26 heavy (non-hydrogen) atoms. The van der Waals surface area contributed by atoms with Crippen LogP contribution in [0, 0.1) is 0 Å².